The van der Waals surface area contributed by atoms with E-state index in [0.29, 0.717) is 18.8 Å². The molecule has 0 rings (SSSR count). The van der Waals surface area contributed by atoms with Gasteiger partial charge in [0.2, 0.25) is 5.41 Å². The van der Waals surface area contributed by atoms with Gasteiger partial charge in [0.15, 0.2) is 0 Å². The summed E-state index contributed by atoms with van der Waals surface area (Å²) in [4.78, 5) is 12.1. The third-order valence-electron chi connectivity index (χ3n) is 1.73. The molecule has 0 spiro atoms. The molecule has 0 atom stereocenters. The smallest absolute Gasteiger partial charge is 0.368 e. The van der Waals surface area contributed by atoms with E-state index in [1.165, 1.54) is 0 Å². The van der Waals surface area contributed by atoms with Gasteiger partial charge in [-0.25, -0.2) is 0 Å². The van der Waals surface area contributed by atoms with Gasteiger partial charge in [-0.1, -0.05) is 6.58 Å². The van der Waals surface area contributed by atoms with Crippen LogP contribution in [-0.4, -0.2) is 33.5 Å². The number of carbonyl (C=O) groups excluding carboxylic acids is 1. The molecular formula is C11H22O4Si. The molecule has 0 saturated carbocycles. The first kappa shape index (κ1) is 15.5. The molecule has 0 fully saturated rings. The van der Waals surface area contributed by atoms with Crippen LogP contribution in [-0.2, 0) is 18.1 Å². The second kappa shape index (κ2) is 6.96. The van der Waals surface area contributed by atoms with Crippen molar-refractivity contribution in [3.8, 4) is 0 Å². The fourth-order valence-electron chi connectivity index (χ4n) is 1.25. The monoisotopic (exact) mass is 246 g/mol. The maximum Gasteiger partial charge on any atom is 0.579 e. The van der Waals surface area contributed by atoms with Crippen LogP contribution in [0.4, 0.5) is 0 Å². The Labute approximate surface area is 99.0 Å². The van der Waals surface area contributed by atoms with E-state index >= 15 is 0 Å². The van der Waals surface area contributed by atoms with Crippen LogP contribution in [0.2, 0.25) is 0 Å². The standard InChI is InChI=1S/C11H22O4Si/c1-7-13-16(14-8-2,15-10(5)6)11(12)9(3)4/h10H,3,7-8H2,1-2,4-6H3. The number of carbonyl (C=O) groups is 1. The van der Waals surface area contributed by atoms with Crippen molar-refractivity contribution >= 4 is 14.2 Å². The number of allylic oxidation sites excluding steroid dienone is 1. The molecule has 0 aliphatic rings. The summed E-state index contributed by atoms with van der Waals surface area (Å²) in [5.41, 5.74) is 0.411. The number of hydrogen-bond acceptors (Lipinski definition) is 4. The maximum atomic E-state index is 12.1. The van der Waals surface area contributed by atoms with Crippen LogP contribution in [0, 0.1) is 0 Å². The maximum absolute atomic E-state index is 12.1. The number of rotatable bonds is 8. The van der Waals surface area contributed by atoms with Crippen LogP contribution >= 0.6 is 0 Å². The molecule has 0 radical (unpaired) electrons. The van der Waals surface area contributed by atoms with Crippen LogP contribution in [0.1, 0.15) is 34.6 Å². The van der Waals surface area contributed by atoms with E-state index in [1.54, 1.807) is 6.92 Å². The van der Waals surface area contributed by atoms with Crippen molar-refractivity contribution in [3.05, 3.63) is 12.2 Å². The van der Waals surface area contributed by atoms with Gasteiger partial charge < -0.3 is 13.3 Å². The lowest BCUT2D eigenvalue weighted by Gasteiger charge is -2.29. The quantitative estimate of drug-likeness (QED) is 0.486. The summed E-state index contributed by atoms with van der Waals surface area (Å²) >= 11 is 0. The Morgan fingerprint density at radius 1 is 1.25 bits per heavy atom. The minimum Gasteiger partial charge on any atom is -0.368 e. The van der Waals surface area contributed by atoms with Gasteiger partial charge in [-0.2, -0.15) is 0 Å². The molecule has 0 amide bonds. The second-order valence-electron chi connectivity index (χ2n) is 3.70. The normalized spacial score (nSPS) is 11.9. The second-order valence-corrected chi connectivity index (χ2v) is 6.08. The minimum absolute atomic E-state index is 0.118. The van der Waals surface area contributed by atoms with Crippen LogP contribution in [0.15, 0.2) is 12.2 Å². The van der Waals surface area contributed by atoms with Gasteiger partial charge in [0.05, 0.1) is 0 Å². The average Bonchev–Trinajstić information content (AvgIpc) is 2.16. The predicted octanol–water partition coefficient (Wildman–Crippen LogP) is 2.11. The third-order valence-corrected chi connectivity index (χ3v) is 4.83. The van der Waals surface area contributed by atoms with Crippen molar-refractivity contribution in [2.24, 2.45) is 0 Å². The van der Waals surface area contributed by atoms with E-state index < -0.39 is 8.80 Å². The molecule has 0 unspecified atom stereocenters. The van der Waals surface area contributed by atoms with E-state index in [0.717, 1.165) is 0 Å². The molecule has 0 saturated heterocycles. The highest BCUT2D eigenvalue weighted by Crippen LogP contribution is 2.17. The topological polar surface area (TPSA) is 44.8 Å². The van der Waals surface area contributed by atoms with Crippen LogP contribution in [0.3, 0.4) is 0 Å². The molecule has 0 N–H and O–H groups in total. The highest BCUT2D eigenvalue weighted by Gasteiger charge is 2.50. The van der Waals surface area contributed by atoms with Gasteiger partial charge in [0.25, 0.3) is 0 Å². The van der Waals surface area contributed by atoms with Crippen LogP contribution in [0.5, 0.6) is 0 Å². The molecule has 0 aliphatic carbocycles. The van der Waals surface area contributed by atoms with E-state index in [-0.39, 0.29) is 11.5 Å². The Bertz CT molecular complexity index is 244. The van der Waals surface area contributed by atoms with Crippen molar-refractivity contribution in [2.75, 3.05) is 13.2 Å². The Hall–Kier alpha value is -0.493. The molecule has 5 heteroatoms. The molecule has 4 nitrogen and oxygen atoms in total. The van der Waals surface area contributed by atoms with Crippen molar-refractivity contribution < 1.29 is 18.1 Å². The van der Waals surface area contributed by atoms with Gasteiger partial charge in [0.1, 0.15) is 0 Å². The number of hydrogen-bond donors (Lipinski definition) is 0. The molecule has 0 aliphatic heterocycles. The Morgan fingerprint density at radius 3 is 1.94 bits per heavy atom. The summed E-state index contributed by atoms with van der Waals surface area (Å²) in [5.74, 6) is 0. The molecule has 94 valence electrons. The first-order valence-electron chi connectivity index (χ1n) is 5.55. The third kappa shape index (κ3) is 4.17. The first-order valence-corrected chi connectivity index (χ1v) is 7.28. The van der Waals surface area contributed by atoms with Crippen molar-refractivity contribution in [3.63, 3.8) is 0 Å². The summed E-state index contributed by atoms with van der Waals surface area (Å²) in [6, 6.07) is 0. The SMILES string of the molecule is C=C(C)C(=O)[Si](OCC)(OCC)OC(C)C. The van der Waals surface area contributed by atoms with Gasteiger partial charge in [-0.15, -0.1) is 0 Å². The van der Waals surface area contributed by atoms with Crippen molar-refractivity contribution in [1.29, 1.82) is 0 Å². The first-order chi connectivity index (χ1) is 7.39. The molecule has 0 aromatic heterocycles. The molecule has 0 aromatic carbocycles. The van der Waals surface area contributed by atoms with E-state index in [9.17, 15) is 4.79 Å². The lowest BCUT2D eigenvalue weighted by Crippen LogP contribution is -2.55. The largest absolute Gasteiger partial charge is 0.579 e. The molecule has 0 aromatic rings. The fraction of sp³-hybridized carbons (Fsp3) is 0.727. The molecule has 0 heterocycles. The summed E-state index contributed by atoms with van der Waals surface area (Å²) < 4.78 is 16.6. The lowest BCUT2D eigenvalue weighted by atomic mass is 10.4. The zero-order valence-corrected chi connectivity index (χ0v) is 11.8. The zero-order chi connectivity index (χ0) is 12.8. The summed E-state index contributed by atoms with van der Waals surface area (Å²) in [5, 5.41) is -0.232. The van der Waals surface area contributed by atoms with E-state index in [4.69, 9.17) is 13.3 Å². The fourth-order valence-corrected chi connectivity index (χ4v) is 3.74. The van der Waals surface area contributed by atoms with Gasteiger partial charge in [-0.3, -0.25) is 4.79 Å². The van der Waals surface area contributed by atoms with Gasteiger partial charge in [-0.05, 0) is 40.2 Å². The Kier molecular flexibility index (Phi) is 6.74. The van der Waals surface area contributed by atoms with Gasteiger partial charge >= 0.3 is 8.80 Å². The van der Waals surface area contributed by atoms with Crippen LogP contribution < -0.4 is 0 Å². The van der Waals surface area contributed by atoms with Crippen LogP contribution in [0.25, 0.3) is 0 Å². The average molecular weight is 246 g/mol. The minimum atomic E-state index is -3.26. The predicted molar refractivity (Wildman–Crippen MR) is 65.0 cm³/mol. The van der Waals surface area contributed by atoms with Crippen molar-refractivity contribution in [1.82, 2.24) is 0 Å². The summed E-state index contributed by atoms with van der Waals surface area (Å²) in [6.45, 7) is 13.4. The molecule has 16 heavy (non-hydrogen) atoms. The molecular weight excluding hydrogens is 224 g/mol. The Morgan fingerprint density at radius 2 is 1.69 bits per heavy atom. The zero-order valence-electron chi connectivity index (χ0n) is 10.8. The van der Waals surface area contributed by atoms with E-state index in [2.05, 4.69) is 6.58 Å². The highest BCUT2D eigenvalue weighted by atomic mass is 28.4. The van der Waals surface area contributed by atoms with E-state index in [1.807, 2.05) is 27.7 Å². The summed E-state index contributed by atoms with van der Waals surface area (Å²) in [6.07, 6.45) is -0.118. The summed E-state index contributed by atoms with van der Waals surface area (Å²) in [7, 11) is -3.26. The van der Waals surface area contributed by atoms with Gasteiger partial charge in [0, 0.05) is 19.3 Å². The highest BCUT2D eigenvalue weighted by molar-refractivity contribution is 6.94. The molecule has 0 bridgehead atoms. The Balaban J connectivity index is 5.06. The van der Waals surface area contributed by atoms with Crippen molar-refractivity contribution in [2.45, 2.75) is 40.7 Å². The lowest BCUT2D eigenvalue weighted by molar-refractivity contribution is -0.116.